The van der Waals surface area contributed by atoms with Crippen molar-refractivity contribution in [1.29, 1.82) is 5.26 Å². The zero-order valence-corrected chi connectivity index (χ0v) is 14.1. The highest BCUT2D eigenvalue weighted by Gasteiger charge is 2.46. The van der Waals surface area contributed by atoms with Gasteiger partial charge in [0.2, 0.25) is 17.7 Å². The Labute approximate surface area is 141 Å². The summed E-state index contributed by atoms with van der Waals surface area (Å²) < 4.78 is 0. The monoisotopic (exact) mass is 333 g/mol. The van der Waals surface area contributed by atoms with Gasteiger partial charge < -0.3 is 5.32 Å². The van der Waals surface area contributed by atoms with Crippen LogP contribution >= 0.6 is 0 Å². The van der Waals surface area contributed by atoms with Gasteiger partial charge in [-0.25, -0.2) is 0 Å². The Bertz CT molecular complexity index is 599. The maximum Gasteiger partial charge on any atom is 0.245 e. The van der Waals surface area contributed by atoms with Gasteiger partial charge in [0, 0.05) is 12.5 Å². The first kappa shape index (κ1) is 18.1. The topological polar surface area (TPSA) is 107 Å². The van der Waals surface area contributed by atoms with E-state index in [-0.39, 0.29) is 12.5 Å². The van der Waals surface area contributed by atoms with Crippen molar-refractivity contribution >= 4 is 23.5 Å². The van der Waals surface area contributed by atoms with Gasteiger partial charge in [0.25, 0.3) is 0 Å². The van der Waals surface area contributed by atoms with Crippen LogP contribution in [0.3, 0.4) is 0 Å². The second-order valence-electron chi connectivity index (χ2n) is 7.22. The summed E-state index contributed by atoms with van der Waals surface area (Å²) in [7, 11) is 0. The van der Waals surface area contributed by atoms with Crippen molar-refractivity contribution < 1.29 is 19.2 Å². The van der Waals surface area contributed by atoms with Crippen molar-refractivity contribution in [3.63, 3.8) is 0 Å². The van der Waals surface area contributed by atoms with Crippen molar-refractivity contribution in [1.82, 2.24) is 10.2 Å². The van der Waals surface area contributed by atoms with E-state index < -0.39 is 41.4 Å². The minimum absolute atomic E-state index is 0.0103. The van der Waals surface area contributed by atoms with Gasteiger partial charge in [-0.05, 0) is 12.8 Å². The van der Waals surface area contributed by atoms with E-state index in [1.54, 1.807) is 19.9 Å². The molecule has 0 radical (unpaired) electrons. The van der Waals surface area contributed by atoms with Crippen LogP contribution in [0.15, 0.2) is 0 Å². The molecular formula is C17H23N3O4. The van der Waals surface area contributed by atoms with Gasteiger partial charge in [0.1, 0.15) is 0 Å². The number of Topliss-reactive ketones (excluding diaryl/α,β-unsaturated/α-hetero) is 1. The lowest BCUT2D eigenvalue weighted by Gasteiger charge is -2.24. The predicted octanol–water partition coefficient (Wildman–Crippen LogP) is 0.929. The normalized spacial score (nSPS) is 22.1. The summed E-state index contributed by atoms with van der Waals surface area (Å²) in [6, 6.07) is 1.69. The van der Waals surface area contributed by atoms with Gasteiger partial charge in [0.05, 0.1) is 18.0 Å². The van der Waals surface area contributed by atoms with Crippen molar-refractivity contribution in [2.45, 2.75) is 58.4 Å². The summed E-state index contributed by atoms with van der Waals surface area (Å²) in [5.41, 5.74) is -0.843. The van der Waals surface area contributed by atoms with Crippen LogP contribution in [0.25, 0.3) is 0 Å². The summed E-state index contributed by atoms with van der Waals surface area (Å²) in [5.74, 6) is -3.72. The highest BCUT2D eigenvalue weighted by Crippen LogP contribution is 2.31. The third-order valence-corrected chi connectivity index (χ3v) is 4.70. The maximum absolute atomic E-state index is 12.3. The number of imide groups is 1. The highest BCUT2D eigenvalue weighted by molar-refractivity contribution is 6.11. The number of hydrogen-bond donors (Lipinski definition) is 1. The molecule has 24 heavy (non-hydrogen) atoms. The molecule has 0 bridgehead atoms. The third-order valence-electron chi connectivity index (χ3n) is 4.70. The second kappa shape index (κ2) is 7.12. The quantitative estimate of drug-likeness (QED) is 0.595. The minimum Gasteiger partial charge on any atom is -0.352 e. The van der Waals surface area contributed by atoms with Crippen molar-refractivity contribution in [3.05, 3.63) is 0 Å². The number of nitriles is 1. The van der Waals surface area contributed by atoms with Crippen molar-refractivity contribution in [2.75, 3.05) is 6.54 Å². The van der Waals surface area contributed by atoms with Gasteiger partial charge in [-0.15, -0.1) is 0 Å². The number of carbonyl (C=O) groups is 4. The molecule has 0 aromatic heterocycles. The summed E-state index contributed by atoms with van der Waals surface area (Å²) in [6.45, 7) is 2.75. The smallest absolute Gasteiger partial charge is 0.245 e. The molecule has 1 N–H and O–H groups in total. The van der Waals surface area contributed by atoms with Crippen molar-refractivity contribution in [3.8, 4) is 6.07 Å². The number of hydrogen-bond acceptors (Lipinski definition) is 5. The molecule has 0 aromatic carbocycles. The van der Waals surface area contributed by atoms with Gasteiger partial charge in [-0.1, -0.05) is 33.1 Å². The van der Waals surface area contributed by atoms with Gasteiger partial charge in [0.15, 0.2) is 11.7 Å². The van der Waals surface area contributed by atoms with E-state index >= 15 is 0 Å². The molecule has 1 saturated carbocycles. The second-order valence-corrected chi connectivity index (χ2v) is 7.22. The fourth-order valence-corrected chi connectivity index (χ4v) is 3.24. The van der Waals surface area contributed by atoms with Gasteiger partial charge in [-0.2, -0.15) is 5.26 Å². The fraction of sp³-hybridized carbons (Fsp3) is 0.706. The minimum atomic E-state index is -1.49. The van der Waals surface area contributed by atoms with E-state index in [1.807, 2.05) is 0 Å². The van der Waals surface area contributed by atoms with Crippen LogP contribution in [-0.2, 0) is 19.2 Å². The van der Waals surface area contributed by atoms with Gasteiger partial charge >= 0.3 is 0 Å². The Morgan fingerprint density at radius 2 is 1.92 bits per heavy atom. The number of ketones is 1. The molecular weight excluding hydrogens is 310 g/mol. The SMILES string of the molecule is CC1(C)CC(=O)N(CC(=O)C(C#N)C(=O)NC2CCCCC2)C1=O. The molecule has 130 valence electrons. The summed E-state index contributed by atoms with van der Waals surface area (Å²) in [4.78, 5) is 49.4. The van der Waals surface area contributed by atoms with Crippen LogP contribution in [-0.4, -0.2) is 41.0 Å². The van der Waals surface area contributed by atoms with Crippen LogP contribution in [0.2, 0.25) is 0 Å². The standard InChI is InChI=1S/C17H23N3O4/c1-17(2)8-14(22)20(16(17)24)10-13(21)12(9-18)15(23)19-11-6-4-3-5-7-11/h11-12H,3-8,10H2,1-2H3,(H,19,23). The van der Waals surface area contributed by atoms with Crippen LogP contribution in [0.1, 0.15) is 52.4 Å². The average molecular weight is 333 g/mol. The van der Waals surface area contributed by atoms with Crippen LogP contribution in [0.4, 0.5) is 0 Å². The predicted molar refractivity (Wildman–Crippen MR) is 84.2 cm³/mol. The Morgan fingerprint density at radius 1 is 1.29 bits per heavy atom. The average Bonchev–Trinajstić information content (AvgIpc) is 2.71. The largest absolute Gasteiger partial charge is 0.352 e. The third kappa shape index (κ3) is 3.81. The van der Waals surface area contributed by atoms with E-state index in [0.717, 1.165) is 37.0 Å². The van der Waals surface area contributed by atoms with E-state index in [1.165, 1.54) is 0 Å². The molecule has 1 heterocycles. The summed E-state index contributed by atoms with van der Waals surface area (Å²) in [6.07, 6.45) is 4.88. The number of nitrogens with zero attached hydrogens (tertiary/aromatic N) is 2. The van der Waals surface area contributed by atoms with Crippen LogP contribution < -0.4 is 5.32 Å². The molecule has 7 nitrogen and oxygen atoms in total. The molecule has 1 unspecified atom stereocenters. The number of nitrogens with one attached hydrogen (secondary N) is 1. The molecule has 2 rings (SSSR count). The molecule has 1 saturated heterocycles. The summed E-state index contributed by atoms with van der Waals surface area (Å²) in [5, 5.41) is 11.9. The first-order valence-corrected chi connectivity index (χ1v) is 8.34. The van der Waals surface area contributed by atoms with E-state index in [9.17, 15) is 24.4 Å². The Kier molecular flexibility index (Phi) is 5.37. The Hall–Kier alpha value is -2.23. The number of likely N-dealkylation sites (tertiary alicyclic amines) is 1. The number of carbonyl (C=O) groups excluding carboxylic acids is 4. The zero-order chi connectivity index (χ0) is 17.9. The van der Waals surface area contributed by atoms with E-state index in [2.05, 4.69) is 5.32 Å². The Morgan fingerprint density at radius 3 is 2.42 bits per heavy atom. The van der Waals surface area contributed by atoms with Crippen LogP contribution in [0, 0.1) is 22.7 Å². The first-order chi connectivity index (χ1) is 11.3. The molecule has 1 atom stereocenters. The molecule has 0 spiro atoms. The lowest BCUT2D eigenvalue weighted by Crippen LogP contribution is -2.45. The fourth-order valence-electron chi connectivity index (χ4n) is 3.24. The number of rotatable bonds is 5. The first-order valence-electron chi connectivity index (χ1n) is 8.34. The molecule has 2 fully saturated rings. The molecule has 7 heteroatoms. The Balaban J connectivity index is 1.98. The molecule has 3 amide bonds. The van der Waals surface area contributed by atoms with Crippen molar-refractivity contribution in [2.24, 2.45) is 11.3 Å². The van der Waals surface area contributed by atoms with Crippen LogP contribution in [0.5, 0.6) is 0 Å². The maximum atomic E-state index is 12.3. The molecule has 1 aliphatic heterocycles. The lowest BCUT2D eigenvalue weighted by molar-refractivity contribution is -0.145. The highest BCUT2D eigenvalue weighted by atomic mass is 16.2. The van der Waals surface area contributed by atoms with E-state index in [0.29, 0.717) is 0 Å². The van der Waals surface area contributed by atoms with E-state index in [4.69, 9.17) is 0 Å². The number of amides is 3. The molecule has 1 aliphatic carbocycles. The van der Waals surface area contributed by atoms with Gasteiger partial charge in [-0.3, -0.25) is 24.1 Å². The molecule has 2 aliphatic rings. The molecule has 0 aromatic rings. The zero-order valence-electron chi connectivity index (χ0n) is 14.1. The lowest BCUT2D eigenvalue weighted by atomic mass is 9.92. The summed E-state index contributed by atoms with van der Waals surface area (Å²) >= 11 is 0.